The van der Waals surface area contributed by atoms with E-state index in [2.05, 4.69) is 5.32 Å². The van der Waals surface area contributed by atoms with Crippen LogP contribution in [-0.4, -0.2) is 12.0 Å². The highest BCUT2D eigenvalue weighted by Gasteiger charge is 2.24. The summed E-state index contributed by atoms with van der Waals surface area (Å²) in [5, 5.41) is 4.03. The van der Waals surface area contributed by atoms with Crippen molar-refractivity contribution in [3.8, 4) is 17.1 Å². The Morgan fingerprint density at radius 2 is 1.64 bits per heavy atom. The number of amides is 1. The van der Waals surface area contributed by atoms with Crippen molar-refractivity contribution in [2.45, 2.75) is 20.0 Å². The summed E-state index contributed by atoms with van der Waals surface area (Å²) in [7, 11) is 0. The van der Waals surface area contributed by atoms with E-state index in [-0.39, 0.29) is 16.9 Å². The summed E-state index contributed by atoms with van der Waals surface area (Å²) in [6, 6.07) is 16.9. The highest BCUT2D eigenvalue weighted by molar-refractivity contribution is 6.35. The second-order valence-corrected chi connectivity index (χ2v) is 8.75. The molecule has 8 heteroatoms. The van der Waals surface area contributed by atoms with E-state index in [9.17, 15) is 9.59 Å². The Morgan fingerprint density at radius 3 is 2.36 bits per heavy atom. The molecular formula is C25H18Cl3NO4. The molecule has 1 heterocycles. The van der Waals surface area contributed by atoms with E-state index in [4.69, 9.17) is 44.0 Å². The van der Waals surface area contributed by atoms with Crippen LogP contribution in [0, 0.1) is 6.92 Å². The summed E-state index contributed by atoms with van der Waals surface area (Å²) in [5.41, 5.74) is 1.93. The van der Waals surface area contributed by atoms with E-state index >= 15 is 0 Å². The van der Waals surface area contributed by atoms with Crippen LogP contribution in [0.4, 0.5) is 5.69 Å². The number of carbonyl (C=O) groups excluding carboxylic acids is 1. The van der Waals surface area contributed by atoms with Crippen LogP contribution in [0.15, 0.2) is 69.9 Å². The van der Waals surface area contributed by atoms with Crippen molar-refractivity contribution in [1.29, 1.82) is 0 Å². The van der Waals surface area contributed by atoms with E-state index < -0.39 is 17.4 Å². The highest BCUT2D eigenvalue weighted by atomic mass is 35.5. The van der Waals surface area contributed by atoms with Gasteiger partial charge in [0, 0.05) is 15.6 Å². The monoisotopic (exact) mass is 501 g/mol. The van der Waals surface area contributed by atoms with Gasteiger partial charge in [-0.05, 0) is 50.2 Å². The topological polar surface area (TPSA) is 68.5 Å². The van der Waals surface area contributed by atoms with Crippen molar-refractivity contribution in [2.75, 3.05) is 5.32 Å². The van der Waals surface area contributed by atoms with Crippen molar-refractivity contribution in [3.63, 3.8) is 0 Å². The number of halogens is 3. The summed E-state index contributed by atoms with van der Waals surface area (Å²) in [6.45, 7) is 3.47. The van der Waals surface area contributed by atoms with Gasteiger partial charge >= 0.3 is 0 Å². The Bertz CT molecular complexity index is 1410. The maximum absolute atomic E-state index is 13.3. The molecule has 1 unspecified atom stereocenters. The number of fused-ring (bicyclic) bond motifs is 1. The Morgan fingerprint density at radius 1 is 0.970 bits per heavy atom. The first-order valence-electron chi connectivity index (χ1n) is 9.99. The molecule has 0 bridgehead atoms. The molecule has 1 aromatic heterocycles. The van der Waals surface area contributed by atoms with Gasteiger partial charge in [-0.3, -0.25) is 9.59 Å². The van der Waals surface area contributed by atoms with Crippen molar-refractivity contribution < 1.29 is 13.9 Å². The lowest BCUT2D eigenvalue weighted by Gasteiger charge is -2.17. The van der Waals surface area contributed by atoms with Crippen LogP contribution in [0.1, 0.15) is 12.5 Å². The molecule has 4 aromatic rings. The summed E-state index contributed by atoms with van der Waals surface area (Å²) < 4.78 is 11.9. The average molecular weight is 503 g/mol. The molecule has 0 fully saturated rings. The molecule has 0 spiro atoms. The van der Waals surface area contributed by atoms with E-state index in [0.29, 0.717) is 31.9 Å². The van der Waals surface area contributed by atoms with Gasteiger partial charge in [-0.25, -0.2) is 0 Å². The van der Waals surface area contributed by atoms with Crippen LogP contribution in [-0.2, 0) is 4.79 Å². The number of nitrogens with one attached hydrogen (secondary N) is 1. The predicted octanol–water partition coefficient (Wildman–Crippen LogP) is 7.13. The summed E-state index contributed by atoms with van der Waals surface area (Å²) >= 11 is 18.2. The van der Waals surface area contributed by atoms with Gasteiger partial charge in [0.25, 0.3) is 5.91 Å². The number of hydrogen-bond acceptors (Lipinski definition) is 4. The Kier molecular flexibility index (Phi) is 6.66. The van der Waals surface area contributed by atoms with E-state index in [1.807, 2.05) is 31.2 Å². The molecule has 0 saturated heterocycles. The molecule has 1 atom stereocenters. The van der Waals surface area contributed by atoms with Gasteiger partial charge in [-0.2, -0.15) is 0 Å². The summed E-state index contributed by atoms with van der Waals surface area (Å²) in [6.07, 6.45) is -1.05. The fourth-order valence-electron chi connectivity index (χ4n) is 3.21. The first kappa shape index (κ1) is 23.2. The third-order valence-corrected chi connectivity index (χ3v) is 5.77. The molecule has 5 nitrogen and oxygen atoms in total. The quantitative estimate of drug-likeness (QED) is 0.315. The summed E-state index contributed by atoms with van der Waals surface area (Å²) in [5.74, 6) is -0.386. The lowest BCUT2D eigenvalue weighted by Crippen LogP contribution is -2.32. The average Bonchev–Trinajstić information content (AvgIpc) is 2.79. The molecule has 1 N–H and O–H groups in total. The van der Waals surface area contributed by atoms with Crippen LogP contribution in [0.3, 0.4) is 0 Å². The van der Waals surface area contributed by atoms with Gasteiger partial charge in [0.15, 0.2) is 11.9 Å². The molecule has 4 rings (SSSR count). The van der Waals surface area contributed by atoms with Gasteiger partial charge < -0.3 is 14.5 Å². The van der Waals surface area contributed by atoms with E-state index in [1.54, 1.807) is 24.3 Å². The standard InChI is InChI=1S/C25H18Cl3NO4/c1-13-3-5-15(6-4-13)23-24(22(30)18-11-16(26)8-10-21(18)33-23)32-14(2)25(31)29-20-12-17(27)7-9-19(20)28/h3-12,14H,1-2H3,(H,29,31). The minimum atomic E-state index is -1.05. The van der Waals surface area contributed by atoms with Crippen molar-refractivity contribution >= 4 is 57.4 Å². The second kappa shape index (κ2) is 9.48. The first-order valence-corrected chi connectivity index (χ1v) is 11.1. The minimum Gasteiger partial charge on any atom is -0.473 e. The second-order valence-electron chi connectivity index (χ2n) is 7.47. The smallest absolute Gasteiger partial charge is 0.265 e. The van der Waals surface area contributed by atoms with Gasteiger partial charge in [0.2, 0.25) is 11.2 Å². The number of anilines is 1. The SMILES string of the molecule is Cc1ccc(-c2oc3ccc(Cl)cc3c(=O)c2OC(C)C(=O)Nc2cc(Cl)ccc2Cl)cc1. The number of ether oxygens (including phenoxy) is 1. The summed E-state index contributed by atoms with van der Waals surface area (Å²) in [4.78, 5) is 26.2. The number of aryl methyl sites for hydroxylation is 1. The molecule has 33 heavy (non-hydrogen) atoms. The maximum atomic E-state index is 13.3. The van der Waals surface area contributed by atoms with E-state index in [1.165, 1.54) is 19.1 Å². The number of benzene rings is 3. The zero-order chi connectivity index (χ0) is 23.7. The lowest BCUT2D eigenvalue weighted by atomic mass is 10.1. The zero-order valence-electron chi connectivity index (χ0n) is 17.6. The molecule has 0 radical (unpaired) electrons. The third kappa shape index (κ3) is 5.01. The van der Waals surface area contributed by atoms with Crippen molar-refractivity contribution in [1.82, 2.24) is 0 Å². The third-order valence-electron chi connectivity index (χ3n) is 4.97. The fourth-order valence-corrected chi connectivity index (χ4v) is 3.72. The van der Waals surface area contributed by atoms with Gasteiger partial charge in [0.1, 0.15) is 5.58 Å². The number of hydrogen-bond donors (Lipinski definition) is 1. The molecule has 3 aromatic carbocycles. The van der Waals surface area contributed by atoms with Crippen LogP contribution >= 0.6 is 34.8 Å². The van der Waals surface area contributed by atoms with Crippen LogP contribution in [0.2, 0.25) is 15.1 Å². The molecule has 0 saturated carbocycles. The molecular weight excluding hydrogens is 485 g/mol. The molecule has 1 amide bonds. The van der Waals surface area contributed by atoms with Gasteiger partial charge in [-0.15, -0.1) is 0 Å². The normalized spacial score (nSPS) is 11.9. The minimum absolute atomic E-state index is 0.0894. The highest BCUT2D eigenvalue weighted by Crippen LogP contribution is 2.33. The lowest BCUT2D eigenvalue weighted by molar-refractivity contribution is -0.122. The molecule has 168 valence electrons. The van der Waals surface area contributed by atoms with Crippen molar-refractivity contribution in [3.05, 3.63) is 91.5 Å². The Balaban J connectivity index is 1.75. The Labute approximate surface area is 204 Å². The Hall–Kier alpha value is -2.99. The zero-order valence-corrected chi connectivity index (χ0v) is 19.9. The number of rotatable bonds is 5. The molecule has 0 aliphatic heterocycles. The predicted molar refractivity (Wildman–Crippen MR) is 133 cm³/mol. The van der Waals surface area contributed by atoms with E-state index in [0.717, 1.165) is 5.56 Å². The van der Waals surface area contributed by atoms with Gasteiger partial charge in [-0.1, -0.05) is 64.6 Å². The van der Waals surface area contributed by atoms with Crippen LogP contribution in [0.25, 0.3) is 22.3 Å². The fraction of sp³-hybridized carbons (Fsp3) is 0.120. The molecule has 0 aliphatic rings. The van der Waals surface area contributed by atoms with Crippen molar-refractivity contribution in [2.24, 2.45) is 0 Å². The maximum Gasteiger partial charge on any atom is 0.265 e. The first-order chi connectivity index (χ1) is 15.7. The largest absolute Gasteiger partial charge is 0.473 e. The number of carbonyl (C=O) groups is 1. The van der Waals surface area contributed by atoms with Gasteiger partial charge in [0.05, 0.1) is 16.1 Å². The molecule has 0 aliphatic carbocycles. The van der Waals surface area contributed by atoms with Crippen LogP contribution in [0.5, 0.6) is 5.75 Å². The van der Waals surface area contributed by atoms with Crippen LogP contribution < -0.4 is 15.5 Å².